The maximum Gasteiger partial charge on any atom is 0.262 e. The van der Waals surface area contributed by atoms with Crippen molar-refractivity contribution in [2.75, 3.05) is 45.3 Å². The third-order valence-corrected chi connectivity index (χ3v) is 2.94. The van der Waals surface area contributed by atoms with Gasteiger partial charge in [-0.15, -0.1) is 12.4 Å². The lowest BCUT2D eigenvalue weighted by Crippen LogP contribution is -2.33. The average Bonchev–Trinajstić information content (AvgIpc) is 2.49. The number of methoxy groups -OCH3 is 1. The van der Waals surface area contributed by atoms with Crippen molar-refractivity contribution < 1.29 is 19.1 Å². The summed E-state index contributed by atoms with van der Waals surface area (Å²) < 4.78 is 10.1. The van der Waals surface area contributed by atoms with Crippen LogP contribution in [0, 0.1) is 0 Å². The van der Waals surface area contributed by atoms with Crippen LogP contribution < -0.4 is 20.7 Å². The van der Waals surface area contributed by atoms with E-state index < -0.39 is 0 Å². The molecular formula is C14H20ClN3O4. The van der Waals surface area contributed by atoms with E-state index in [1.165, 1.54) is 0 Å². The van der Waals surface area contributed by atoms with E-state index in [0.717, 1.165) is 6.54 Å². The highest BCUT2D eigenvalue weighted by atomic mass is 35.5. The van der Waals surface area contributed by atoms with Gasteiger partial charge in [0.1, 0.15) is 5.75 Å². The lowest BCUT2D eigenvalue weighted by Gasteiger charge is -2.18. The Morgan fingerprint density at radius 2 is 2.18 bits per heavy atom. The SMILES string of the molecule is COCCNCCNC(=O)c1ccc2c(c1)NC(=O)CO2.Cl. The van der Waals surface area contributed by atoms with Gasteiger partial charge in [0.15, 0.2) is 6.61 Å². The van der Waals surface area contributed by atoms with Gasteiger partial charge in [-0.3, -0.25) is 9.59 Å². The quantitative estimate of drug-likeness (QED) is 0.630. The van der Waals surface area contributed by atoms with Gasteiger partial charge in [-0.05, 0) is 18.2 Å². The second kappa shape index (κ2) is 9.24. The molecule has 0 fully saturated rings. The Bertz CT molecular complexity index is 525. The Labute approximate surface area is 135 Å². The summed E-state index contributed by atoms with van der Waals surface area (Å²) in [5.41, 5.74) is 1.01. The topological polar surface area (TPSA) is 88.7 Å². The molecule has 0 atom stereocenters. The summed E-state index contributed by atoms with van der Waals surface area (Å²) >= 11 is 0. The Morgan fingerprint density at radius 1 is 1.36 bits per heavy atom. The Hall–Kier alpha value is -1.83. The fourth-order valence-electron chi connectivity index (χ4n) is 1.89. The van der Waals surface area contributed by atoms with Gasteiger partial charge in [-0.2, -0.15) is 0 Å². The maximum absolute atomic E-state index is 12.0. The van der Waals surface area contributed by atoms with Crippen molar-refractivity contribution >= 4 is 29.9 Å². The van der Waals surface area contributed by atoms with Crippen molar-refractivity contribution in [1.29, 1.82) is 0 Å². The standard InChI is InChI=1S/C14H19N3O4.ClH/c1-20-7-6-15-4-5-16-14(19)10-2-3-12-11(8-10)17-13(18)9-21-12;/h2-3,8,15H,4-7,9H2,1H3,(H,16,19)(H,17,18);1H. The first-order valence-electron chi connectivity index (χ1n) is 6.75. The zero-order chi connectivity index (χ0) is 15.1. The van der Waals surface area contributed by atoms with Crippen molar-refractivity contribution in [3.05, 3.63) is 23.8 Å². The summed E-state index contributed by atoms with van der Waals surface area (Å²) in [5, 5.41) is 8.61. The number of carbonyl (C=O) groups excluding carboxylic acids is 2. The molecule has 2 amide bonds. The van der Waals surface area contributed by atoms with E-state index in [9.17, 15) is 9.59 Å². The number of anilines is 1. The lowest BCUT2D eigenvalue weighted by molar-refractivity contribution is -0.118. The van der Waals surface area contributed by atoms with Gasteiger partial charge in [0.2, 0.25) is 0 Å². The molecule has 1 aromatic rings. The largest absolute Gasteiger partial charge is 0.482 e. The summed E-state index contributed by atoms with van der Waals surface area (Å²) in [6, 6.07) is 4.96. The van der Waals surface area contributed by atoms with E-state index in [1.807, 2.05) is 0 Å². The molecule has 1 aliphatic rings. The van der Waals surface area contributed by atoms with Crippen molar-refractivity contribution in [2.24, 2.45) is 0 Å². The molecule has 1 heterocycles. The first-order chi connectivity index (χ1) is 10.2. The zero-order valence-electron chi connectivity index (χ0n) is 12.3. The van der Waals surface area contributed by atoms with E-state index in [-0.39, 0.29) is 30.8 Å². The van der Waals surface area contributed by atoms with Gasteiger partial charge in [0, 0.05) is 32.3 Å². The molecular weight excluding hydrogens is 310 g/mol. The van der Waals surface area contributed by atoms with Crippen molar-refractivity contribution in [3.8, 4) is 5.75 Å². The van der Waals surface area contributed by atoms with Crippen LogP contribution in [0.5, 0.6) is 5.75 Å². The Kier molecular flexibility index (Phi) is 7.65. The molecule has 0 unspecified atom stereocenters. The van der Waals surface area contributed by atoms with Gasteiger partial charge in [0.05, 0.1) is 12.3 Å². The van der Waals surface area contributed by atoms with Crippen LogP contribution in [0.15, 0.2) is 18.2 Å². The van der Waals surface area contributed by atoms with Crippen LogP contribution in [-0.2, 0) is 9.53 Å². The minimum atomic E-state index is -0.220. The van der Waals surface area contributed by atoms with Gasteiger partial charge in [-0.25, -0.2) is 0 Å². The number of rotatable bonds is 7. The monoisotopic (exact) mass is 329 g/mol. The van der Waals surface area contributed by atoms with Crippen LogP contribution in [0.2, 0.25) is 0 Å². The number of nitrogens with one attached hydrogen (secondary N) is 3. The molecule has 0 aliphatic carbocycles. The second-order valence-corrected chi connectivity index (χ2v) is 4.55. The summed E-state index contributed by atoms with van der Waals surface area (Å²) in [7, 11) is 1.64. The number of benzene rings is 1. The summed E-state index contributed by atoms with van der Waals surface area (Å²) in [5.74, 6) is 0.168. The Balaban J connectivity index is 0.00000242. The fraction of sp³-hybridized carbons (Fsp3) is 0.429. The van der Waals surface area contributed by atoms with Crippen LogP contribution in [-0.4, -0.2) is 51.8 Å². The molecule has 7 nitrogen and oxygen atoms in total. The molecule has 1 aromatic carbocycles. The van der Waals surface area contributed by atoms with Gasteiger partial charge < -0.3 is 25.4 Å². The summed E-state index contributed by atoms with van der Waals surface area (Å²) in [6.07, 6.45) is 0. The highest BCUT2D eigenvalue weighted by Crippen LogP contribution is 2.28. The fourth-order valence-corrected chi connectivity index (χ4v) is 1.89. The van der Waals surface area contributed by atoms with Crippen molar-refractivity contribution in [1.82, 2.24) is 10.6 Å². The number of carbonyl (C=O) groups is 2. The second-order valence-electron chi connectivity index (χ2n) is 4.55. The third-order valence-electron chi connectivity index (χ3n) is 2.94. The minimum absolute atomic E-state index is 0. The normalized spacial score (nSPS) is 12.5. The number of hydrogen-bond donors (Lipinski definition) is 3. The highest BCUT2D eigenvalue weighted by Gasteiger charge is 2.17. The van der Waals surface area contributed by atoms with Crippen LogP contribution >= 0.6 is 12.4 Å². The van der Waals surface area contributed by atoms with Crippen LogP contribution in [0.1, 0.15) is 10.4 Å². The molecule has 0 radical (unpaired) electrons. The molecule has 8 heteroatoms. The molecule has 122 valence electrons. The molecule has 3 N–H and O–H groups in total. The lowest BCUT2D eigenvalue weighted by atomic mass is 10.1. The number of ether oxygens (including phenoxy) is 2. The van der Waals surface area contributed by atoms with Crippen molar-refractivity contribution in [3.63, 3.8) is 0 Å². The van der Waals surface area contributed by atoms with Crippen LogP contribution in [0.4, 0.5) is 5.69 Å². The van der Waals surface area contributed by atoms with Gasteiger partial charge >= 0.3 is 0 Å². The van der Waals surface area contributed by atoms with Crippen LogP contribution in [0.3, 0.4) is 0 Å². The van der Waals surface area contributed by atoms with E-state index in [0.29, 0.717) is 36.7 Å². The number of fused-ring (bicyclic) bond motifs is 1. The molecule has 0 bridgehead atoms. The van der Waals surface area contributed by atoms with E-state index in [1.54, 1.807) is 25.3 Å². The van der Waals surface area contributed by atoms with Gasteiger partial charge in [-0.1, -0.05) is 0 Å². The molecule has 0 spiro atoms. The predicted octanol–water partition coefficient (Wildman–Crippen LogP) is 0.405. The van der Waals surface area contributed by atoms with E-state index >= 15 is 0 Å². The predicted molar refractivity (Wildman–Crippen MR) is 84.9 cm³/mol. The summed E-state index contributed by atoms with van der Waals surface area (Å²) in [4.78, 5) is 23.2. The Morgan fingerprint density at radius 3 is 2.95 bits per heavy atom. The number of hydrogen-bond acceptors (Lipinski definition) is 5. The van der Waals surface area contributed by atoms with Crippen molar-refractivity contribution in [2.45, 2.75) is 0 Å². The number of amides is 2. The van der Waals surface area contributed by atoms with E-state index in [2.05, 4.69) is 16.0 Å². The molecule has 1 aliphatic heterocycles. The smallest absolute Gasteiger partial charge is 0.262 e. The van der Waals surface area contributed by atoms with Crippen LogP contribution in [0.25, 0.3) is 0 Å². The van der Waals surface area contributed by atoms with E-state index in [4.69, 9.17) is 9.47 Å². The molecule has 0 saturated heterocycles. The highest BCUT2D eigenvalue weighted by molar-refractivity contribution is 5.99. The molecule has 0 saturated carbocycles. The molecule has 0 aromatic heterocycles. The first-order valence-corrected chi connectivity index (χ1v) is 6.75. The average molecular weight is 330 g/mol. The third kappa shape index (κ3) is 5.18. The van der Waals surface area contributed by atoms with Gasteiger partial charge in [0.25, 0.3) is 11.8 Å². The summed E-state index contributed by atoms with van der Waals surface area (Å²) in [6.45, 7) is 2.57. The number of halogens is 1. The zero-order valence-corrected chi connectivity index (χ0v) is 13.1. The minimum Gasteiger partial charge on any atom is -0.482 e. The molecule has 22 heavy (non-hydrogen) atoms. The first kappa shape index (κ1) is 18.2. The molecule has 2 rings (SSSR count). The maximum atomic E-state index is 12.0.